The summed E-state index contributed by atoms with van der Waals surface area (Å²) in [4.78, 5) is 16.0. The summed E-state index contributed by atoms with van der Waals surface area (Å²) < 4.78 is 25.1. The molecule has 0 saturated carbocycles. The van der Waals surface area contributed by atoms with Crippen LogP contribution in [0.25, 0.3) is 0 Å². The zero-order valence-electron chi connectivity index (χ0n) is 14.8. The summed E-state index contributed by atoms with van der Waals surface area (Å²) in [5, 5.41) is 5.65. The lowest BCUT2D eigenvalue weighted by Crippen LogP contribution is -2.28. The van der Waals surface area contributed by atoms with Crippen LogP contribution in [0.2, 0.25) is 5.02 Å². The molecule has 0 atom stereocenters. The molecule has 8 heteroatoms. The number of nitrogens with one attached hydrogen (secondary N) is 2. The highest BCUT2D eigenvalue weighted by Gasteiger charge is 2.18. The Bertz CT molecular complexity index is 1060. The first kappa shape index (κ1) is 19.9. The Morgan fingerprint density at radius 3 is 2.29 bits per heavy atom. The maximum Gasteiger partial charge on any atom is 0.319 e. The van der Waals surface area contributed by atoms with E-state index in [2.05, 4.69) is 15.6 Å². The van der Waals surface area contributed by atoms with Crippen LogP contribution in [0.3, 0.4) is 0 Å². The van der Waals surface area contributed by atoms with Crippen molar-refractivity contribution in [1.82, 2.24) is 10.3 Å². The van der Waals surface area contributed by atoms with Crippen LogP contribution in [0.1, 0.15) is 11.1 Å². The fourth-order valence-corrected chi connectivity index (χ4v) is 4.46. The molecule has 0 aliphatic heterocycles. The topological polar surface area (TPSA) is 88.2 Å². The monoisotopic (exact) mass is 415 g/mol. The average molecular weight is 416 g/mol. The highest BCUT2D eigenvalue weighted by atomic mass is 35.5. The van der Waals surface area contributed by atoms with Gasteiger partial charge in [0.25, 0.3) is 0 Å². The maximum atomic E-state index is 12.5. The second-order valence-electron chi connectivity index (χ2n) is 6.05. The predicted molar refractivity (Wildman–Crippen MR) is 109 cm³/mol. The first-order chi connectivity index (χ1) is 13.4. The SMILES string of the molecule is O=C(NCc1ccncc1)Nc1ccc(CS(=O)(=O)c2ccccc2Cl)cc1. The molecule has 0 spiro atoms. The minimum Gasteiger partial charge on any atom is -0.334 e. The summed E-state index contributed by atoms with van der Waals surface area (Å²) in [6, 6.07) is 16.3. The zero-order chi connectivity index (χ0) is 20.0. The lowest BCUT2D eigenvalue weighted by Gasteiger charge is -2.09. The Morgan fingerprint density at radius 1 is 0.929 bits per heavy atom. The number of halogens is 1. The van der Waals surface area contributed by atoms with Crippen LogP contribution < -0.4 is 10.6 Å². The van der Waals surface area contributed by atoms with Gasteiger partial charge in [-0.3, -0.25) is 4.98 Å². The number of aromatic nitrogens is 1. The van der Waals surface area contributed by atoms with Gasteiger partial charge >= 0.3 is 6.03 Å². The largest absolute Gasteiger partial charge is 0.334 e. The van der Waals surface area contributed by atoms with E-state index >= 15 is 0 Å². The molecule has 3 aromatic rings. The van der Waals surface area contributed by atoms with Gasteiger partial charge in [-0.1, -0.05) is 35.9 Å². The minimum atomic E-state index is -3.56. The van der Waals surface area contributed by atoms with Gasteiger partial charge < -0.3 is 10.6 Å². The highest BCUT2D eigenvalue weighted by Crippen LogP contribution is 2.24. The third-order valence-electron chi connectivity index (χ3n) is 3.94. The van der Waals surface area contributed by atoms with Gasteiger partial charge in [-0.15, -0.1) is 0 Å². The first-order valence-electron chi connectivity index (χ1n) is 8.44. The molecule has 1 heterocycles. The number of anilines is 1. The number of hydrogen-bond acceptors (Lipinski definition) is 4. The molecule has 2 amide bonds. The van der Waals surface area contributed by atoms with Gasteiger partial charge in [0.15, 0.2) is 9.84 Å². The molecule has 0 aliphatic rings. The summed E-state index contributed by atoms with van der Waals surface area (Å²) in [5.41, 5.74) is 2.10. The summed E-state index contributed by atoms with van der Waals surface area (Å²) in [5.74, 6) is -0.175. The lowest BCUT2D eigenvalue weighted by atomic mass is 10.2. The van der Waals surface area contributed by atoms with Crippen molar-refractivity contribution in [2.24, 2.45) is 0 Å². The fourth-order valence-electron chi connectivity index (χ4n) is 2.54. The molecule has 1 aromatic heterocycles. The molecule has 0 saturated heterocycles. The van der Waals surface area contributed by atoms with Gasteiger partial charge in [0, 0.05) is 24.6 Å². The Labute approximate surface area is 168 Å². The summed E-state index contributed by atoms with van der Waals surface area (Å²) in [6.45, 7) is 0.377. The van der Waals surface area contributed by atoms with Gasteiger partial charge in [0.2, 0.25) is 0 Å². The average Bonchev–Trinajstić information content (AvgIpc) is 2.69. The van der Waals surface area contributed by atoms with Crippen molar-refractivity contribution in [3.8, 4) is 0 Å². The molecule has 144 valence electrons. The Balaban J connectivity index is 1.59. The number of sulfone groups is 1. The highest BCUT2D eigenvalue weighted by molar-refractivity contribution is 7.90. The molecular weight excluding hydrogens is 398 g/mol. The smallest absolute Gasteiger partial charge is 0.319 e. The van der Waals surface area contributed by atoms with E-state index in [0.29, 0.717) is 17.8 Å². The van der Waals surface area contributed by atoms with Crippen LogP contribution in [-0.2, 0) is 22.1 Å². The molecule has 0 aliphatic carbocycles. The second-order valence-corrected chi connectivity index (χ2v) is 8.41. The van der Waals surface area contributed by atoms with Gasteiger partial charge in [-0.2, -0.15) is 0 Å². The van der Waals surface area contributed by atoms with E-state index in [-0.39, 0.29) is 21.7 Å². The zero-order valence-corrected chi connectivity index (χ0v) is 16.4. The number of carbonyl (C=O) groups excluding carboxylic acids is 1. The van der Waals surface area contributed by atoms with E-state index in [0.717, 1.165) is 5.56 Å². The van der Waals surface area contributed by atoms with Crippen molar-refractivity contribution in [2.45, 2.75) is 17.2 Å². The van der Waals surface area contributed by atoms with E-state index in [1.54, 1.807) is 54.9 Å². The van der Waals surface area contributed by atoms with Crippen molar-refractivity contribution in [3.05, 3.63) is 89.2 Å². The molecule has 0 bridgehead atoms. The van der Waals surface area contributed by atoms with E-state index in [1.165, 1.54) is 6.07 Å². The van der Waals surface area contributed by atoms with E-state index < -0.39 is 9.84 Å². The molecule has 2 N–H and O–H groups in total. The first-order valence-corrected chi connectivity index (χ1v) is 10.5. The van der Waals surface area contributed by atoms with Gasteiger partial charge in [0.1, 0.15) is 0 Å². The third-order valence-corrected chi connectivity index (χ3v) is 6.12. The van der Waals surface area contributed by atoms with Crippen molar-refractivity contribution < 1.29 is 13.2 Å². The molecule has 3 rings (SSSR count). The van der Waals surface area contributed by atoms with Gasteiger partial charge in [-0.05, 0) is 47.5 Å². The summed E-state index contributed by atoms with van der Waals surface area (Å²) in [7, 11) is -3.56. The van der Waals surface area contributed by atoms with Crippen LogP contribution in [0.15, 0.2) is 78.0 Å². The number of benzene rings is 2. The Morgan fingerprint density at radius 2 is 1.61 bits per heavy atom. The van der Waals surface area contributed by atoms with E-state index in [9.17, 15) is 13.2 Å². The number of nitrogens with zero attached hydrogens (tertiary/aromatic N) is 1. The van der Waals surface area contributed by atoms with Gasteiger partial charge in [-0.25, -0.2) is 13.2 Å². The van der Waals surface area contributed by atoms with Crippen LogP contribution in [0.4, 0.5) is 10.5 Å². The quantitative estimate of drug-likeness (QED) is 0.636. The predicted octanol–water partition coefficient (Wildman–Crippen LogP) is 4.03. The molecule has 6 nitrogen and oxygen atoms in total. The summed E-state index contributed by atoms with van der Waals surface area (Å²) >= 11 is 5.99. The van der Waals surface area contributed by atoms with Crippen molar-refractivity contribution in [2.75, 3.05) is 5.32 Å². The van der Waals surface area contributed by atoms with Crippen molar-refractivity contribution in [1.29, 1.82) is 0 Å². The molecule has 0 fully saturated rings. The molecule has 2 aromatic carbocycles. The Hall–Kier alpha value is -2.90. The molecular formula is C20H18ClN3O3S. The number of urea groups is 1. The fraction of sp³-hybridized carbons (Fsp3) is 0.100. The maximum absolute atomic E-state index is 12.5. The van der Waals surface area contributed by atoms with E-state index in [4.69, 9.17) is 11.6 Å². The molecule has 28 heavy (non-hydrogen) atoms. The molecule has 0 radical (unpaired) electrons. The van der Waals surface area contributed by atoms with Crippen LogP contribution in [0, 0.1) is 0 Å². The second kappa shape index (κ2) is 8.86. The van der Waals surface area contributed by atoms with Crippen LogP contribution in [-0.4, -0.2) is 19.4 Å². The lowest BCUT2D eigenvalue weighted by molar-refractivity contribution is 0.251. The van der Waals surface area contributed by atoms with Crippen molar-refractivity contribution >= 4 is 33.2 Å². The Kier molecular flexibility index (Phi) is 6.28. The van der Waals surface area contributed by atoms with Crippen LogP contribution in [0.5, 0.6) is 0 Å². The van der Waals surface area contributed by atoms with Crippen molar-refractivity contribution in [3.63, 3.8) is 0 Å². The number of hydrogen-bond donors (Lipinski definition) is 2. The normalized spacial score (nSPS) is 11.0. The van der Waals surface area contributed by atoms with Gasteiger partial charge in [0.05, 0.1) is 15.7 Å². The van der Waals surface area contributed by atoms with Crippen LogP contribution >= 0.6 is 11.6 Å². The number of rotatable bonds is 6. The molecule has 0 unspecified atom stereocenters. The van der Waals surface area contributed by atoms with E-state index in [1.807, 2.05) is 12.1 Å². The summed E-state index contributed by atoms with van der Waals surface area (Å²) in [6.07, 6.45) is 3.31. The number of pyridine rings is 1. The number of carbonyl (C=O) groups is 1. The number of amides is 2. The third kappa shape index (κ3) is 5.31. The standard InChI is InChI=1S/C20H18ClN3O3S/c21-18-3-1-2-4-19(18)28(26,27)14-16-5-7-17(8-6-16)24-20(25)23-13-15-9-11-22-12-10-15/h1-12H,13-14H2,(H2,23,24,25). The minimum absolute atomic E-state index is 0.106.